The number of fused-ring (bicyclic) bond motifs is 4. The Balaban J connectivity index is 1.67. The molecule has 9 nitrogen and oxygen atoms in total. The molecule has 5 heterocycles. The third-order valence-electron chi connectivity index (χ3n) is 5.88. The third kappa shape index (κ3) is 2.85. The van der Waals surface area contributed by atoms with Crippen LogP contribution in [-0.2, 0) is 0 Å². The lowest BCUT2D eigenvalue weighted by molar-refractivity contribution is 0.0781. The number of nitrogens with zero attached hydrogens (tertiary/aromatic N) is 5. The van der Waals surface area contributed by atoms with Crippen molar-refractivity contribution >= 4 is 23.2 Å². The fourth-order valence-electron chi connectivity index (χ4n) is 4.26. The Hall–Kier alpha value is -3.33. The molecule has 0 aromatic carbocycles. The van der Waals surface area contributed by atoms with Crippen molar-refractivity contribution in [1.29, 1.82) is 0 Å². The summed E-state index contributed by atoms with van der Waals surface area (Å²) in [5, 5.41) is 20.7. The molecule has 1 saturated heterocycles. The number of aliphatic hydroxyl groups is 1. The highest BCUT2D eigenvalue weighted by Gasteiger charge is 2.37. The topological polar surface area (TPSA) is 98.0 Å². The normalized spacial score (nSPS) is 23.6. The van der Waals surface area contributed by atoms with Gasteiger partial charge in [0.25, 0.3) is 5.91 Å². The van der Waals surface area contributed by atoms with E-state index in [1.807, 2.05) is 24.4 Å². The van der Waals surface area contributed by atoms with Gasteiger partial charge in [-0.3, -0.25) is 4.79 Å². The molecule has 6 bridgehead atoms. The third-order valence-corrected chi connectivity index (χ3v) is 5.88. The minimum Gasteiger partial charge on any atom is -0.396 e. The molecule has 5 rings (SSSR count). The van der Waals surface area contributed by atoms with Crippen LogP contribution >= 0.6 is 0 Å². The van der Waals surface area contributed by atoms with Gasteiger partial charge in [0.1, 0.15) is 17.2 Å². The number of carbonyl (C=O) groups excluding carboxylic acids is 1. The summed E-state index contributed by atoms with van der Waals surface area (Å²) >= 11 is 0. The van der Waals surface area contributed by atoms with Gasteiger partial charge in [0, 0.05) is 63.1 Å². The maximum atomic E-state index is 13.3. The lowest BCUT2D eigenvalue weighted by atomic mass is 9.96. The molecule has 0 aliphatic carbocycles. The predicted octanol–water partition coefficient (Wildman–Crippen LogP) is 1.10. The molecule has 3 aliphatic rings. The van der Waals surface area contributed by atoms with Gasteiger partial charge < -0.3 is 25.5 Å². The zero-order chi connectivity index (χ0) is 20.1. The molecular formula is C20H23N7O2. The molecule has 0 radical (unpaired) electrons. The lowest BCUT2D eigenvalue weighted by Crippen LogP contribution is -2.32. The Kier molecular flexibility index (Phi) is 4.06. The number of nitrogens with one attached hydrogen (secondary N) is 2. The number of amides is 1. The average molecular weight is 393 g/mol. The van der Waals surface area contributed by atoms with Gasteiger partial charge in [-0.1, -0.05) is 6.58 Å². The van der Waals surface area contributed by atoms with Gasteiger partial charge in [-0.15, -0.1) is 0 Å². The summed E-state index contributed by atoms with van der Waals surface area (Å²) in [7, 11) is 1.80. The van der Waals surface area contributed by atoms with Crippen LogP contribution in [0.15, 0.2) is 48.6 Å². The van der Waals surface area contributed by atoms with Crippen LogP contribution < -0.4 is 10.6 Å². The number of anilines is 2. The van der Waals surface area contributed by atoms with Gasteiger partial charge >= 0.3 is 0 Å². The van der Waals surface area contributed by atoms with Crippen molar-refractivity contribution in [3.8, 4) is 0 Å². The van der Waals surface area contributed by atoms with E-state index in [1.54, 1.807) is 22.7 Å². The second kappa shape index (κ2) is 6.63. The van der Waals surface area contributed by atoms with E-state index in [4.69, 9.17) is 0 Å². The van der Waals surface area contributed by atoms with Crippen molar-refractivity contribution in [2.75, 3.05) is 43.9 Å². The Bertz CT molecular complexity index is 1070. The summed E-state index contributed by atoms with van der Waals surface area (Å²) in [4.78, 5) is 21.8. The molecule has 1 amide bonds. The largest absolute Gasteiger partial charge is 0.396 e. The number of carbonyl (C=O) groups is 1. The maximum absolute atomic E-state index is 13.3. The summed E-state index contributed by atoms with van der Waals surface area (Å²) in [5.41, 5.74) is 2.70. The van der Waals surface area contributed by atoms with Gasteiger partial charge in [-0.2, -0.15) is 9.61 Å². The van der Waals surface area contributed by atoms with Gasteiger partial charge in [0.15, 0.2) is 5.65 Å². The molecule has 9 heteroatoms. The van der Waals surface area contributed by atoms with Crippen molar-refractivity contribution in [2.24, 2.45) is 11.8 Å². The second-order valence-electron chi connectivity index (χ2n) is 7.67. The van der Waals surface area contributed by atoms with Crippen LogP contribution in [0.3, 0.4) is 0 Å². The summed E-state index contributed by atoms with van der Waals surface area (Å²) < 4.78 is 1.63. The fraction of sp³-hybridized carbons (Fsp3) is 0.350. The smallest absolute Gasteiger partial charge is 0.259 e. The van der Waals surface area contributed by atoms with Gasteiger partial charge in [0.2, 0.25) is 0 Å². The number of aromatic nitrogens is 3. The summed E-state index contributed by atoms with van der Waals surface area (Å²) in [6.45, 7) is 5.94. The molecular weight excluding hydrogens is 370 g/mol. The zero-order valence-corrected chi connectivity index (χ0v) is 16.2. The van der Waals surface area contributed by atoms with Gasteiger partial charge in [0.05, 0.1) is 11.9 Å². The quantitative estimate of drug-likeness (QED) is 0.703. The Morgan fingerprint density at radius 3 is 3.00 bits per heavy atom. The molecule has 0 saturated carbocycles. The summed E-state index contributed by atoms with van der Waals surface area (Å²) in [6.07, 6.45) is 7.48. The van der Waals surface area contributed by atoms with E-state index in [2.05, 4.69) is 32.2 Å². The highest BCUT2D eigenvalue weighted by Crippen LogP contribution is 2.30. The van der Waals surface area contributed by atoms with Crippen LogP contribution in [0.2, 0.25) is 0 Å². The van der Waals surface area contributed by atoms with E-state index < -0.39 is 0 Å². The molecule has 150 valence electrons. The molecule has 2 atom stereocenters. The van der Waals surface area contributed by atoms with Crippen molar-refractivity contribution < 1.29 is 9.90 Å². The van der Waals surface area contributed by atoms with E-state index >= 15 is 0 Å². The minimum atomic E-state index is -0.113. The molecule has 0 spiro atoms. The standard InChI is InChI=1S/C20H23N7O2/c1-12-3-4-15-10-25(12)7-13-8-26(9-14(13)11-28)20(29)16-6-22-27-18(21-2)5-17(23-15)24-19(16)27/h3-6,10,13-14,21,28H,1,7-9,11H2,2H3,(H,23,24)/t13-,14-/m0/s1. The molecule has 29 heavy (non-hydrogen) atoms. The van der Waals surface area contributed by atoms with Crippen LogP contribution in [0, 0.1) is 11.8 Å². The number of hydrogen-bond acceptors (Lipinski definition) is 7. The Labute approximate surface area is 168 Å². The minimum absolute atomic E-state index is 0.0173. The van der Waals surface area contributed by atoms with Crippen LogP contribution in [-0.4, -0.2) is 68.7 Å². The van der Waals surface area contributed by atoms with Crippen LogP contribution in [0.1, 0.15) is 10.4 Å². The Morgan fingerprint density at radius 1 is 1.34 bits per heavy atom. The van der Waals surface area contributed by atoms with E-state index in [9.17, 15) is 9.90 Å². The van der Waals surface area contributed by atoms with Crippen molar-refractivity contribution in [3.05, 3.63) is 54.2 Å². The SMILES string of the molecule is C=C1C=CC2=CN1C[C@H]1CN(C[C@H]1CO)C(=O)c1cnn3c(NC)cc(nc13)N2. The van der Waals surface area contributed by atoms with Crippen LogP contribution in [0.25, 0.3) is 5.65 Å². The first-order chi connectivity index (χ1) is 14.1. The molecule has 3 N–H and O–H groups in total. The first-order valence-electron chi connectivity index (χ1n) is 9.66. The highest BCUT2D eigenvalue weighted by molar-refractivity contribution is 6.00. The van der Waals surface area contributed by atoms with E-state index in [0.717, 1.165) is 17.2 Å². The summed E-state index contributed by atoms with van der Waals surface area (Å²) in [6, 6.07) is 1.85. The highest BCUT2D eigenvalue weighted by atomic mass is 16.3. The molecule has 2 aromatic rings. The van der Waals surface area contributed by atoms with E-state index in [1.165, 1.54) is 0 Å². The van der Waals surface area contributed by atoms with Gasteiger partial charge in [-0.05, 0) is 12.2 Å². The number of aliphatic hydroxyl groups excluding tert-OH is 1. The molecule has 0 unspecified atom stereocenters. The van der Waals surface area contributed by atoms with Crippen LogP contribution in [0.4, 0.5) is 11.6 Å². The van der Waals surface area contributed by atoms with Gasteiger partial charge in [-0.25, -0.2) is 4.98 Å². The zero-order valence-electron chi connectivity index (χ0n) is 16.2. The lowest BCUT2D eigenvalue weighted by Gasteiger charge is -2.29. The second-order valence-corrected chi connectivity index (χ2v) is 7.67. The molecule has 1 fully saturated rings. The average Bonchev–Trinajstić information content (AvgIpc) is 3.33. The first kappa shape index (κ1) is 17.7. The number of rotatable bonds is 2. The van der Waals surface area contributed by atoms with Crippen LogP contribution in [0.5, 0.6) is 0 Å². The predicted molar refractivity (Wildman–Crippen MR) is 109 cm³/mol. The maximum Gasteiger partial charge on any atom is 0.259 e. The fourth-order valence-corrected chi connectivity index (χ4v) is 4.26. The Morgan fingerprint density at radius 2 is 2.21 bits per heavy atom. The monoisotopic (exact) mass is 393 g/mol. The number of hydrogen-bond donors (Lipinski definition) is 3. The first-order valence-corrected chi connectivity index (χ1v) is 9.66. The number of allylic oxidation sites excluding steroid dienone is 2. The van der Waals surface area contributed by atoms with E-state index in [0.29, 0.717) is 36.7 Å². The van der Waals surface area contributed by atoms with Crippen molar-refractivity contribution in [2.45, 2.75) is 0 Å². The molecule has 3 aliphatic heterocycles. The summed E-state index contributed by atoms with van der Waals surface area (Å²) in [5.74, 6) is 1.38. The van der Waals surface area contributed by atoms with E-state index in [-0.39, 0.29) is 24.3 Å². The van der Waals surface area contributed by atoms with Crippen molar-refractivity contribution in [3.63, 3.8) is 0 Å². The van der Waals surface area contributed by atoms with Crippen molar-refractivity contribution in [1.82, 2.24) is 24.4 Å². The molecule has 2 aromatic heterocycles.